The zero-order chi connectivity index (χ0) is 20.1. The molecule has 0 unspecified atom stereocenters. The minimum absolute atomic E-state index is 0.0222. The number of fused-ring (bicyclic) bond motifs is 1. The van der Waals surface area contributed by atoms with Crippen molar-refractivity contribution in [2.45, 2.75) is 6.42 Å². The highest BCUT2D eigenvalue weighted by Crippen LogP contribution is 2.63. The van der Waals surface area contributed by atoms with E-state index >= 15 is 0 Å². The Balaban J connectivity index is 1.30. The Morgan fingerprint density at radius 3 is 2.28 bits per heavy atom. The van der Waals surface area contributed by atoms with Crippen LogP contribution < -0.4 is 10.1 Å². The summed E-state index contributed by atoms with van der Waals surface area (Å²) in [5.41, 5.74) is 0.614. The van der Waals surface area contributed by atoms with Crippen molar-refractivity contribution in [3.8, 4) is 11.5 Å². The first-order valence-corrected chi connectivity index (χ1v) is 10.1. The van der Waals surface area contributed by atoms with Crippen LogP contribution in [-0.2, 0) is 9.59 Å². The largest absolute Gasteiger partial charge is 0.481 e. The van der Waals surface area contributed by atoms with E-state index in [0.717, 1.165) is 6.42 Å². The zero-order valence-corrected chi connectivity index (χ0v) is 16.3. The summed E-state index contributed by atoms with van der Waals surface area (Å²) in [6, 6.07) is 14.2. The monoisotopic (exact) mass is 409 g/mol. The molecule has 2 bridgehead atoms. The number of nitrogens with one attached hydrogen (secondary N) is 1. The molecular formula is C23H20ClNO4. The molecule has 6 rings (SSSR count). The summed E-state index contributed by atoms with van der Waals surface area (Å²) >= 11 is 6.11. The number of hydrogen-bond acceptors (Lipinski definition) is 3. The van der Waals surface area contributed by atoms with Crippen LogP contribution in [0.3, 0.4) is 0 Å². The third-order valence-electron chi connectivity index (χ3n) is 6.43. The van der Waals surface area contributed by atoms with Crippen LogP contribution in [0, 0.1) is 35.5 Å². The Labute approximate surface area is 173 Å². The van der Waals surface area contributed by atoms with Crippen LogP contribution in [0.2, 0.25) is 5.02 Å². The van der Waals surface area contributed by atoms with Crippen LogP contribution in [0.15, 0.2) is 60.7 Å². The third kappa shape index (κ3) is 3.19. The predicted octanol–water partition coefficient (Wildman–Crippen LogP) is 4.84. The molecule has 0 radical (unpaired) electrons. The first-order valence-electron chi connectivity index (χ1n) is 9.77. The number of allylic oxidation sites excluding steroid dienone is 2. The van der Waals surface area contributed by atoms with Gasteiger partial charge in [0, 0.05) is 5.69 Å². The molecule has 148 valence electrons. The molecule has 0 aliphatic heterocycles. The number of aliphatic carboxylic acids is 1. The molecule has 5 nitrogen and oxygen atoms in total. The molecule has 2 fully saturated rings. The van der Waals surface area contributed by atoms with Crippen molar-refractivity contribution in [2.24, 2.45) is 35.5 Å². The minimum atomic E-state index is -0.877. The molecule has 29 heavy (non-hydrogen) atoms. The molecule has 0 heterocycles. The van der Waals surface area contributed by atoms with E-state index in [1.807, 2.05) is 18.2 Å². The average Bonchev–Trinajstić information content (AvgIpc) is 3.53. The summed E-state index contributed by atoms with van der Waals surface area (Å²) in [5, 5.41) is 13.2. The molecule has 6 atom stereocenters. The van der Waals surface area contributed by atoms with E-state index in [4.69, 9.17) is 16.3 Å². The van der Waals surface area contributed by atoms with E-state index in [2.05, 4.69) is 11.4 Å². The number of rotatable bonds is 5. The van der Waals surface area contributed by atoms with Crippen LogP contribution in [0.1, 0.15) is 6.42 Å². The van der Waals surface area contributed by atoms with Crippen LogP contribution in [0.25, 0.3) is 0 Å². The van der Waals surface area contributed by atoms with Gasteiger partial charge in [0.1, 0.15) is 11.5 Å². The number of ether oxygens (including phenoxy) is 1. The van der Waals surface area contributed by atoms with Crippen molar-refractivity contribution in [2.75, 3.05) is 5.32 Å². The minimum Gasteiger partial charge on any atom is -0.481 e. The number of para-hydroxylation sites is 1. The Kier molecular flexibility index (Phi) is 4.36. The number of carbonyl (C=O) groups is 2. The van der Waals surface area contributed by atoms with Crippen LogP contribution in [0.5, 0.6) is 11.5 Å². The molecule has 2 aromatic carbocycles. The van der Waals surface area contributed by atoms with Crippen molar-refractivity contribution in [1.82, 2.24) is 0 Å². The molecule has 2 aromatic rings. The lowest BCUT2D eigenvalue weighted by Crippen LogP contribution is -2.48. The second kappa shape index (κ2) is 6.92. The topological polar surface area (TPSA) is 75.6 Å². The van der Waals surface area contributed by atoms with Gasteiger partial charge < -0.3 is 15.2 Å². The average molecular weight is 410 g/mol. The highest BCUT2D eigenvalue weighted by molar-refractivity contribution is 6.32. The van der Waals surface area contributed by atoms with Gasteiger partial charge in [0.05, 0.1) is 16.9 Å². The number of benzene rings is 2. The van der Waals surface area contributed by atoms with Crippen LogP contribution in [-0.4, -0.2) is 17.0 Å². The number of amides is 1. The van der Waals surface area contributed by atoms with Crippen LogP contribution >= 0.6 is 11.6 Å². The fourth-order valence-electron chi connectivity index (χ4n) is 5.06. The van der Waals surface area contributed by atoms with Gasteiger partial charge in [0.2, 0.25) is 5.91 Å². The summed E-state index contributed by atoms with van der Waals surface area (Å²) in [6.07, 6.45) is 5.11. The van der Waals surface area contributed by atoms with Gasteiger partial charge in [-0.15, -0.1) is 0 Å². The Bertz CT molecular complexity index is 1000. The van der Waals surface area contributed by atoms with Crippen molar-refractivity contribution in [3.63, 3.8) is 0 Å². The lowest BCUT2D eigenvalue weighted by atomic mass is 9.62. The Morgan fingerprint density at radius 2 is 1.62 bits per heavy atom. The standard InChI is InChI=1S/C23H20ClNO4/c24-18-3-1-2-4-19(18)29-13-7-5-12(6-8-13)25-22(26)20-14-9-10-15(17-11-16(14)17)21(20)23(27)28/h1-10,14-17,20-21H,11H2,(H,25,26)(H,27,28)/t14-,15-,16-,17-,20+,21+/m1/s1. The maximum absolute atomic E-state index is 13.0. The van der Waals surface area contributed by atoms with Crippen molar-refractivity contribution in [1.29, 1.82) is 0 Å². The number of carbonyl (C=O) groups excluding carboxylic acids is 1. The maximum Gasteiger partial charge on any atom is 0.307 e. The SMILES string of the molecule is O=C(O)[C@H]1[C@@H]2C=C[C@H]([C@H]3C[C@H]23)[C@@H]1C(=O)Nc1ccc(Oc2ccccc2Cl)cc1. The quantitative estimate of drug-likeness (QED) is 0.693. The molecule has 1 amide bonds. The van der Waals surface area contributed by atoms with Gasteiger partial charge in [-0.2, -0.15) is 0 Å². The number of carboxylic acid groups (broad SMARTS) is 1. The predicted molar refractivity (Wildman–Crippen MR) is 109 cm³/mol. The first kappa shape index (κ1) is 18.3. The normalized spacial score (nSPS) is 31.1. The van der Waals surface area contributed by atoms with Crippen LogP contribution in [0.4, 0.5) is 5.69 Å². The van der Waals surface area contributed by atoms with Gasteiger partial charge in [-0.25, -0.2) is 0 Å². The summed E-state index contributed by atoms with van der Waals surface area (Å²) in [7, 11) is 0. The van der Waals surface area contributed by atoms with Crippen molar-refractivity contribution >= 4 is 29.2 Å². The molecule has 0 spiro atoms. The number of halogens is 1. The summed E-state index contributed by atoms with van der Waals surface area (Å²) in [5.74, 6) is -0.209. The Morgan fingerprint density at radius 1 is 0.966 bits per heavy atom. The molecule has 6 heteroatoms. The lowest BCUT2D eigenvalue weighted by Gasteiger charge is -2.41. The van der Waals surface area contributed by atoms with E-state index in [-0.39, 0.29) is 17.7 Å². The second-order valence-electron chi connectivity index (χ2n) is 8.04. The molecule has 0 aromatic heterocycles. The lowest BCUT2D eigenvalue weighted by molar-refractivity contribution is -0.152. The van der Waals surface area contributed by atoms with E-state index in [1.54, 1.807) is 36.4 Å². The number of anilines is 1. The van der Waals surface area contributed by atoms with Gasteiger partial charge in [-0.3, -0.25) is 9.59 Å². The number of hydrogen-bond donors (Lipinski definition) is 2. The third-order valence-corrected chi connectivity index (χ3v) is 6.74. The molecular weight excluding hydrogens is 390 g/mol. The summed E-state index contributed by atoms with van der Waals surface area (Å²) < 4.78 is 5.76. The van der Waals surface area contributed by atoms with E-state index in [1.165, 1.54) is 0 Å². The zero-order valence-electron chi connectivity index (χ0n) is 15.5. The Hall–Kier alpha value is -2.79. The molecule has 0 saturated heterocycles. The number of carboxylic acids is 1. The smallest absolute Gasteiger partial charge is 0.307 e. The van der Waals surface area contributed by atoms with Gasteiger partial charge in [-0.05, 0) is 66.5 Å². The second-order valence-corrected chi connectivity index (χ2v) is 8.45. The van der Waals surface area contributed by atoms with Gasteiger partial charge >= 0.3 is 5.97 Å². The molecule has 2 saturated carbocycles. The molecule has 2 N–H and O–H groups in total. The summed E-state index contributed by atoms with van der Waals surface area (Å²) in [6.45, 7) is 0. The van der Waals surface area contributed by atoms with E-state index in [9.17, 15) is 14.7 Å². The van der Waals surface area contributed by atoms with Gasteiger partial charge in [-0.1, -0.05) is 35.9 Å². The highest BCUT2D eigenvalue weighted by Gasteiger charge is 2.62. The fraction of sp³-hybridized carbons (Fsp3) is 0.304. The molecule has 4 aliphatic carbocycles. The van der Waals surface area contributed by atoms with E-state index in [0.29, 0.717) is 34.0 Å². The molecule has 4 aliphatic rings. The maximum atomic E-state index is 13.0. The van der Waals surface area contributed by atoms with Crippen molar-refractivity contribution in [3.05, 3.63) is 65.7 Å². The van der Waals surface area contributed by atoms with Crippen molar-refractivity contribution < 1.29 is 19.4 Å². The van der Waals surface area contributed by atoms with Gasteiger partial charge in [0.25, 0.3) is 0 Å². The van der Waals surface area contributed by atoms with E-state index < -0.39 is 17.8 Å². The first-order chi connectivity index (χ1) is 14.0. The highest BCUT2D eigenvalue weighted by atomic mass is 35.5. The van der Waals surface area contributed by atoms with Gasteiger partial charge in [0.15, 0.2) is 0 Å². The fourth-order valence-corrected chi connectivity index (χ4v) is 5.23. The summed E-state index contributed by atoms with van der Waals surface area (Å²) in [4.78, 5) is 24.9.